The predicted molar refractivity (Wildman–Crippen MR) is 138 cm³/mol. The summed E-state index contributed by atoms with van der Waals surface area (Å²) in [6.45, 7) is 0.363. The average Bonchev–Trinajstić information content (AvgIpc) is 3.30. The summed E-state index contributed by atoms with van der Waals surface area (Å²) in [5.74, 6) is -4.83. The van der Waals surface area contributed by atoms with Crippen molar-refractivity contribution in [2.24, 2.45) is 11.7 Å². The maximum atomic E-state index is 13.6. The SMILES string of the molecule is NCCCC[C@H](NC(=O)c1cccc(F)c1)C(=O)N[C@H](CCC(=O)N1[C@H](C(=O)O)C[C@@H]2CCCC[C@@H]21)C(=O)O. The number of benzene rings is 1. The van der Waals surface area contributed by atoms with Crippen LogP contribution in [0.25, 0.3) is 0 Å². The molecule has 3 amide bonds. The molecule has 1 heterocycles. The Balaban J connectivity index is 1.65. The molecule has 5 atom stereocenters. The number of carbonyl (C=O) groups is 5. The molecule has 3 rings (SSSR count). The number of carboxylic acid groups (broad SMARTS) is 2. The average molecular weight is 549 g/mol. The van der Waals surface area contributed by atoms with Gasteiger partial charge in [0.05, 0.1) is 0 Å². The van der Waals surface area contributed by atoms with E-state index in [1.807, 2.05) is 0 Å². The molecule has 0 unspecified atom stereocenters. The van der Waals surface area contributed by atoms with Gasteiger partial charge in [-0.1, -0.05) is 18.9 Å². The lowest BCUT2D eigenvalue weighted by molar-refractivity contribution is -0.150. The predicted octanol–water partition coefficient (Wildman–Crippen LogP) is 1.65. The van der Waals surface area contributed by atoms with E-state index in [0.29, 0.717) is 25.8 Å². The number of carboxylic acids is 2. The van der Waals surface area contributed by atoms with Gasteiger partial charge in [0.2, 0.25) is 11.8 Å². The second-order valence-electron chi connectivity index (χ2n) is 10.3. The van der Waals surface area contributed by atoms with Crippen LogP contribution in [0.4, 0.5) is 4.39 Å². The Morgan fingerprint density at radius 1 is 1.03 bits per heavy atom. The van der Waals surface area contributed by atoms with Gasteiger partial charge in [0.15, 0.2) is 0 Å². The highest BCUT2D eigenvalue weighted by Gasteiger charge is 2.47. The second kappa shape index (κ2) is 14.0. The van der Waals surface area contributed by atoms with Crippen molar-refractivity contribution >= 4 is 29.7 Å². The van der Waals surface area contributed by atoms with Crippen molar-refractivity contribution < 1.29 is 38.6 Å². The molecular weight excluding hydrogens is 511 g/mol. The first-order chi connectivity index (χ1) is 18.6. The van der Waals surface area contributed by atoms with E-state index in [0.717, 1.165) is 31.7 Å². The molecule has 0 radical (unpaired) electrons. The van der Waals surface area contributed by atoms with Crippen LogP contribution in [-0.2, 0) is 19.2 Å². The van der Waals surface area contributed by atoms with Crippen molar-refractivity contribution in [1.82, 2.24) is 15.5 Å². The Hall–Kier alpha value is -3.54. The topological polar surface area (TPSA) is 179 Å². The summed E-state index contributed by atoms with van der Waals surface area (Å²) >= 11 is 0. The van der Waals surface area contributed by atoms with Gasteiger partial charge in [0.25, 0.3) is 5.91 Å². The molecular formula is C27H37FN4O7. The molecule has 12 heteroatoms. The number of rotatable bonds is 13. The van der Waals surface area contributed by atoms with Gasteiger partial charge in [0.1, 0.15) is 23.9 Å². The molecule has 1 aliphatic heterocycles. The zero-order valence-electron chi connectivity index (χ0n) is 21.8. The van der Waals surface area contributed by atoms with Crippen molar-refractivity contribution in [3.05, 3.63) is 35.6 Å². The zero-order valence-corrected chi connectivity index (χ0v) is 21.8. The quantitative estimate of drug-likeness (QED) is 0.231. The van der Waals surface area contributed by atoms with E-state index in [4.69, 9.17) is 5.73 Å². The van der Waals surface area contributed by atoms with Crippen LogP contribution in [0.1, 0.15) is 74.6 Å². The number of hydrogen-bond acceptors (Lipinski definition) is 6. The Bertz CT molecular complexity index is 1070. The van der Waals surface area contributed by atoms with Crippen molar-refractivity contribution in [1.29, 1.82) is 0 Å². The number of nitrogens with two attached hydrogens (primary N) is 1. The van der Waals surface area contributed by atoms with Gasteiger partial charge < -0.3 is 31.5 Å². The minimum Gasteiger partial charge on any atom is -0.480 e. The fraction of sp³-hybridized carbons (Fsp3) is 0.593. The maximum Gasteiger partial charge on any atom is 0.326 e. The van der Waals surface area contributed by atoms with E-state index in [9.17, 15) is 38.6 Å². The number of hydrogen-bond donors (Lipinski definition) is 5. The highest BCUT2D eigenvalue weighted by atomic mass is 19.1. The molecule has 0 spiro atoms. The Morgan fingerprint density at radius 3 is 2.44 bits per heavy atom. The summed E-state index contributed by atoms with van der Waals surface area (Å²) in [4.78, 5) is 64.0. The van der Waals surface area contributed by atoms with Gasteiger partial charge in [-0.3, -0.25) is 14.4 Å². The third-order valence-electron chi connectivity index (χ3n) is 7.58. The summed E-state index contributed by atoms with van der Waals surface area (Å²) < 4.78 is 13.6. The van der Waals surface area contributed by atoms with Gasteiger partial charge in [-0.25, -0.2) is 14.0 Å². The highest BCUT2D eigenvalue weighted by molar-refractivity contribution is 5.98. The minimum absolute atomic E-state index is 0.00613. The summed E-state index contributed by atoms with van der Waals surface area (Å²) in [5, 5.41) is 24.3. The number of likely N-dealkylation sites (tertiary alicyclic amines) is 1. The molecule has 1 saturated heterocycles. The second-order valence-corrected chi connectivity index (χ2v) is 10.3. The standard InChI is InChI=1S/C27H37FN4O7/c28-18-8-5-7-17(14-18)24(34)30-19(9-3-4-13-29)25(35)31-20(26(36)37)11-12-23(33)32-21-10-2-1-6-16(21)15-22(32)27(38)39/h5,7-8,14,16,19-22H,1-4,6,9-13,15,29H2,(H,30,34)(H,31,35)(H,36,37)(H,38,39)/t16-,19-,20+,21-,22-/m0/s1. The molecule has 1 aromatic rings. The summed E-state index contributed by atoms with van der Waals surface area (Å²) in [6.07, 6.45) is 4.58. The normalized spacial score (nSPS) is 21.9. The minimum atomic E-state index is -1.43. The van der Waals surface area contributed by atoms with Crippen LogP contribution >= 0.6 is 0 Å². The molecule has 214 valence electrons. The first-order valence-corrected chi connectivity index (χ1v) is 13.5. The van der Waals surface area contributed by atoms with Gasteiger partial charge >= 0.3 is 11.9 Å². The van der Waals surface area contributed by atoms with Crippen LogP contribution in [0.15, 0.2) is 24.3 Å². The molecule has 0 bridgehead atoms. The van der Waals surface area contributed by atoms with Crippen LogP contribution in [0.3, 0.4) is 0 Å². The van der Waals surface area contributed by atoms with E-state index in [2.05, 4.69) is 10.6 Å². The molecule has 2 fully saturated rings. The van der Waals surface area contributed by atoms with Crippen LogP contribution < -0.4 is 16.4 Å². The number of carbonyl (C=O) groups excluding carboxylic acids is 3. The Morgan fingerprint density at radius 2 is 1.77 bits per heavy atom. The monoisotopic (exact) mass is 548 g/mol. The number of nitrogens with zero attached hydrogens (tertiary/aromatic N) is 1. The number of aliphatic carboxylic acids is 2. The number of nitrogens with one attached hydrogen (secondary N) is 2. The molecule has 39 heavy (non-hydrogen) atoms. The van der Waals surface area contributed by atoms with E-state index in [-0.39, 0.29) is 36.8 Å². The van der Waals surface area contributed by atoms with Gasteiger partial charge in [-0.2, -0.15) is 0 Å². The lowest BCUT2D eigenvalue weighted by atomic mass is 9.84. The molecule has 0 aromatic heterocycles. The third-order valence-corrected chi connectivity index (χ3v) is 7.58. The Labute approximate surface area is 226 Å². The van der Waals surface area contributed by atoms with Crippen molar-refractivity contribution in [2.75, 3.05) is 6.54 Å². The van der Waals surface area contributed by atoms with Crippen molar-refractivity contribution in [2.45, 2.75) is 88.4 Å². The molecule has 6 N–H and O–H groups in total. The largest absolute Gasteiger partial charge is 0.480 e. The lowest BCUT2D eigenvalue weighted by Gasteiger charge is -2.33. The first kappa shape index (κ1) is 30.0. The van der Waals surface area contributed by atoms with E-state index < -0.39 is 53.6 Å². The van der Waals surface area contributed by atoms with Crippen LogP contribution in [0.2, 0.25) is 0 Å². The molecule has 2 aliphatic rings. The number of amides is 3. The van der Waals surface area contributed by atoms with E-state index in [1.54, 1.807) is 0 Å². The fourth-order valence-corrected chi connectivity index (χ4v) is 5.60. The van der Waals surface area contributed by atoms with Gasteiger partial charge in [0, 0.05) is 18.0 Å². The number of fused-ring (bicyclic) bond motifs is 1. The van der Waals surface area contributed by atoms with Crippen molar-refractivity contribution in [3.63, 3.8) is 0 Å². The first-order valence-electron chi connectivity index (χ1n) is 13.5. The van der Waals surface area contributed by atoms with Crippen molar-refractivity contribution in [3.8, 4) is 0 Å². The third kappa shape index (κ3) is 7.98. The van der Waals surface area contributed by atoms with E-state index >= 15 is 0 Å². The smallest absolute Gasteiger partial charge is 0.326 e. The van der Waals surface area contributed by atoms with Crippen LogP contribution in [-0.4, -0.2) is 75.5 Å². The molecule has 1 aromatic carbocycles. The summed E-state index contributed by atoms with van der Waals surface area (Å²) in [6, 6.07) is 1.30. The molecule has 1 saturated carbocycles. The number of unbranched alkanes of at least 4 members (excludes halogenated alkanes) is 1. The fourth-order valence-electron chi connectivity index (χ4n) is 5.60. The summed E-state index contributed by atoms with van der Waals surface area (Å²) in [7, 11) is 0. The van der Waals surface area contributed by atoms with Crippen LogP contribution in [0.5, 0.6) is 0 Å². The number of halogens is 1. The van der Waals surface area contributed by atoms with Crippen LogP contribution in [0, 0.1) is 11.7 Å². The van der Waals surface area contributed by atoms with E-state index in [1.165, 1.54) is 23.1 Å². The van der Waals surface area contributed by atoms with Gasteiger partial charge in [-0.05, 0) is 75.6 Å². The molecule has 11 nitrogen and oxygen atoms in total. The van der Waals surface area contributed by atoms with Gasteiger partial charge in [-0.15, -0.1) is 0 Å². The maximum absolute atomic E-state index is 13.6. The molecule has 1 aliphatic carbocycles. The summed E-state index contributed by atoms with van der Waals surface area (Å²) in [5.41, 5.74) is 5.54. The lowest BCUT2D eigenvalue weighted by Crippen LogP contribution is -2.52. The zero-order chi connectivity index (χ0) is 28.5. The Kier molecular flexibility index (Phi) is 10.8. The highest BCUT2D eigenvalue weighted by Crippen LogP contribution is 2.40.